The molecule has 0 unspecified atom stereocenters. The number of aromatic nitrogens is 2. The highest BCUT2D eigenvalue weighted by molar-refractivity contribution is 7.92. The SMILES string of the molecule is Cc1ccc([C@H](C)N2CCN(C(=O)n3ccc(NS(C)(=O)=O)n3)CC2)cc1N1CCC(F)CC1. The third-order valence-corrected chi connectivity index (χ3v) is 7.27. The predicted octanol–water partition coefficient (Wildman–Crippen LogP) is 2.85. The highest BCUT2D eigenvalue weighted by atomic mass is 32.2. The lowest BCUT2D eigenvalue weighted by atomic mass is 10.0. The van der Waals surface area contributed by atoms with Gasteiger partial charge in [-0.25, -0.2) is 17.6 Å². The van der Waals surface area contributed by atoms with Crippen LogP contribution in [-0.2, 0) is 10.0 Å². The van der Waals surface area contributed by atoms with E-state index < -0.39 is 16.2 Å². The van der Waals surface area contributed by atoms with E-state index in [-0.39, 0.29) is 17.9 Å². The number of piperazine rings is 1. The Kier molecular flexibility index (Phi) is 7.13. The zero-order valence-corrected chi connectivity index (χ0v) is 20.8. The van der Waals surface area contributed by atoms with Crippen LogP contribution in [0.4, 0.5) is 20.7 Å². The van der Waals surface area contributed by atoms with Gasteiger partial charge in [-0.3, -0.25) is 9.62 Å². The van der Waals surface area contributed by atoms with Gasteiger partial charge in [0.1, 0.15) is 6.17 Å². The van der Waals surface area contributed by atoms with E-state index in [0.717, 1.165) is 32.4 Å². The van der Waals surface area contributed by atoms with Crippen molar-refractivity contribution in [2.45, 2.75) is 38.9 Å². The van der Waals surface area contributed by atoms with Crippen molar-refractivity contribution in [2.24, 2.45) is 0 Å². The standard InChI is InChI=1S/C23H33FN6O3S/c1-17-4-5-19(16-21(17)28-9-6-20(24)7-10-28)18(2)27-12-14-29(15-13-27)23(31)30-11-8-22(25-30)26-34(3,32)33/h4-5,8,11,16,18,20H,6-7,9-10,12-15H2,1-3H3,(H,25,26)/t18-/m0/s1. The number of sulfonamides is 1. The number of aryl methyl sites for hydroxylation is 1. The number of amides is 1. The van der Waals surface area contributed by atoms with E-state index in [1.807, 2.05) is 0 Å². The Morgan fingerprint density at radius 1 is 1.12 bits per heavy atom. The summed E-state index contributed by atoms with van der Waals surface area (Å²) in [6.07, 6.45) is 2.97. The fourth-order valence-corrected chi connectivity index (χ4v) is 5.14. The fraction of sp³-hybridized carbons (Fsp3) is 0.565. The molecule has 3 heterocycles. The molecule has 34 heavy (non-hydrogen) atoms. The zero-order valence-electron chi connectivity index (χ0n) is 19.9. The number of alkyl halides is 1. The average Bonchev–Trinajstić information content (AvgIpc) is 3.26. The molecule has 2 saturated heterocycles. The number of nitrogens with zero attached hydrogens (tertiary/aromatic N) is 5. The number of rotatable bonds is 5. The van der Waals surface area contributed by atoms with Crippen LogP contribution in [-0.4, -0.2) is 85.7 Å². The van der Waals surface area contributed by atoms with Crippen molar-refractivity contribution in [3.8, 4) is 0 Å². The van der Waals surface area contributed by atoms with E-state index in [2.05, 4.69) is 51.7 Å². The second-order valence-electron chi connectivity index (χ2n) is 9.21. The summed E-state index contributed by atoms with van der Waals surface area (Å²) in [5, 5.41) is 4.03. The van der Waals surface area contributed by atoms with Gasteiger partial charge in [0.15, 0.2) is 5.82 Å². The smallest absolute Gasteiger partial charge is 0.344 e. The van der Waals surface area contributed by atoms with Gasteiger partial charge in [0, 0.05) is 63.3 Å². The first-order valence-electron chi connectivity index (χ1n) is 11.7. The van der Waals surface area contributed by atoms with Crippen LogP contribution in [0.3, 0.4) is 0 Å². The highest BCUT2D eigenvalue weighted by Crippen LogP contribution is 2.30. The maximum atomic E-state index is 13.6. The van der Waals surface area contributed by atoms with Gasteiger partial charge in [0.05, 0.1) is 6.26 Å². The second kappa shape index (κ2) is 9.91. The summed E-state index contributed by atoms with van der Waals surface area (Å²) >= 11 is 0. The van der Waals surface area contributed by atoms with Crippen LogP contribution in [0.15, 0.2) is 30.5 Å². The summed E-state index contributed by atoms with van der Waals surface area (Å²) in [6.45, 7) is 8.32. The lowest BCUT2D eigenvalue weighted by Gasteiger charge is -2.38. The van der Waals surface area contributed by atoms with Crippen molar-refractivity contribution in [2.75, 3.05) is 55.1 Å². The summed E-state index contributed by atoms with van der Waals surface area (Å²) in [5.74, 6) is 0.119. The maximum absolute atomic E-state index is 13.6. The molecule has 1 atom stereocenters. The van der Waals surface area contributed by atoms with E-state index in [0.29, 0.717) is 25.9 Å². The molecule has 2 aliphatic rings. The van der Waals surface area contributed by atoms with E-state index in [4.69, 9.17) is 0 Å². The molecule has 11 heteroatoms. The minimum atomic E-state index is -3.45. The molecule has 1 N–H and O–H groups in total. The number of nitrogens with one attached hydrogen (secondary N) is 1. The number of piperidine rings is 1. The molecule has 9 nitrogen and oxygen atoms in total. The Balaban J connectivity index is 1.37. The summed E-state index contributed by atoms with van der Waals surface area (Å²) in [4.78, 5) is 19.2. The molecule has 0 bridgehead atoms. The highest BCUT2D eigenvalue weighted by Gasteiger charge is 2.27. The average molecular weight is 493 g/mol. The molecule has 1 aromatic heterocycles. The van der Waals surface area contributed by atoms with Crippen LogP contribution in [0.25, 0.3) is 0 Å². The molecular weight excluding hydrogens is 459 g/mol. The Labute approximate surface area is 200 Å². The lowest BCUT2D eigenvalue weighted by Crippen LogP contribution is -2.50. The van der Waals surface area contributed by atoms with E-state index in [1.165, 1.54) is 33.8 Å². The molecule has 0 radical (unpaired) electrons. The second-order valence-corrected chi connectivity index (χ2v) is 11.0. The normalized spacial score (nSPS) is 19.3. The molecule has 2 aromatic rings. The van der Waals surface area contributed by atoms with Gasteiger partial charge in [0.2, 0.25) is 10.0 Å². The van der Waals surface area contributed by atoms with Crippen LogP contribution < -0.4 is 9.62 Å². The van der Waals surface area contributed by atoms with Crippen LogP contribution >= 0.6 is 0 Å². The van der Waals surface area contributed by atoms with Gasteiger partial charge in [-0.1, -0.05) is 12.1 Å². The summed E-state index contributed by atoms with van der Waals surface area (Å²) in [5.41, 5.74) is 3.60. The van der Waals surface area contributed by atoms with E-state index in [1.54, 1.807) is 4.90 Å². The summed E-state index contributed by atoms with van der Waals surface area (Å²) < 4.78 is 39.8. The van der Waals surface area contributed by atoms with Crippen molar-refractivity contribution in [3.63, 3.8) is 0 Å². The van der Waals surface area contributed by atoms with Gasteiger partial charge in [-0.05, 0) is 43.9 Å². The summed E-state index contributed by atoms with van der Waals surface area (Å²) in [7, 11) is -3.45. The third-order valence-electron chi connectivity index (χ3n) is 6.69. The van der Waals surface area contributed by atoms with Crippen LogP contribution in [0.5, 0.6) is 0 Å². The molecule has 2 aliphatic heterocycles. The van der Waals surface area contributed by atoms with Crippen molar-refractivity contribution in [3.05, 3.63) is 41.6 Å². The molecule has 1 amide bonds. The number of hydrogen-bond acceptors (Lipinski definition) is 6. The predicted molar refractivity (Wildman–Crippen MR) is 131 cm³/mol. The Bertz CT molecular complexity index is 1120. The van der Waals surface area contributed by atoms with Crippen LogP contribution in [0, 0.1) is 6.92 Å². The number of anilines is 2. The first-order chi connectivity index (χ1) is 16.1. The zero-order chi connectivity index (χ0) is 24.5. The summed E-state index contributed by atoms with van der Waals surface area (Å²) in [6, 6.07) is 7.90. The number of hydrogen-bond donors (Lipinski definition) is 1. The van der Waals surface area contributed by atoms with Gasteiger partial charge in [-0.15, -0.1) is 5.10 Å². The van der Waals surface area contributed by atoms with Crippen molar-refractivity contribution >= 4 is 27.6 Å². The lowest BCUT2D eigenvalue weighted by molar-refractivity contribution is 0.113. The molecule has 0 saturated carbocycles. The van der Waals surface area contributed by atoms with Gasteiger partial charge < -0.3 is 9.80 Å². The molecule has 0 spiro atoms. The fourth-order valence-electron chi connectivity index (χ4n) is 4.65. The molecule has 2 fully saturated rings. The first-order valence-corrected chi connectivity index (χ1v) is 13.6. The Morgan fingerprint density at radius 3 is 2.44 bits per heavy atom. The maximum Gasteiger partial charge on any atom is 0.344 e. The van der Waals surface area contributed by atoms with Crippen LogP contribution in [0.1, 0.15) is 36.9 Å². The minimum absolute atomic E-state index is 0.119. The molecular formula is C23H33FN6O3S. The van der Waals surface area contributed by atoms with Gasteiger partial charge in [-0.2, -0.15) is 4.68 Å². The monoisotopic (exact) mass is 492 g/mol. The largest absolute Gasteiger partial charge is 0.371 e. The molecule has 0 aliphatic carbocycles. The van der Waals surface area contributed by atoms with Gasteiger partial charge in [0.25, 0.3) is 0 Å². The number of halogens is 1. The first kappa shape index (κ1) is 24.5. The van der Waals surface area contributed by atoms with E-state index in [9.17, 15) is 17.6 Å². The number of carbonyl (C=O) groups is 1. The molecule has 1 aromatic carbocycles. The van der Waals surface area contributed by atoms with E-state index >= 15 is 0 Å². The molecule has 186 valence electrons. The Hall–Kier alpha value is -2.66. The number of carbonyl (C=O) groups excluding carboxylic acids is 1. The van der Waals surface area contributed by atoms with Gasteiger partial charge >= 0.3 is 6.03 Å². The topological polar surface area (TPSA) is 90.8 Å². The number of benzene rings is 1. The minimum Gasteiger partial charge on any atom is -0.371 e. The van der Waals surface area contributed by atoms with Crippen LogP contribution in [0.2, 0.25) is 0 Å². The third kappa shape index (κ3) is 5.69. The van der Waals surface area contributed by atoms with Crippen molar-refractivity contribution in [1.29, 1.82) is 0 Å². The van der Waals surface area contributed by atoms with Crippen molar-refractivity contribution < 1.29 is 17.6 Å². The molecule has 4 rings (SSSR count). The quantitative estimate of drug-likeness (QED) is 0.690. The van der Waals surface area contributed by atoms with Crippen molar-refractivity contribution in [1.82, 2.24) is 19.6 Å². The Morgan fingerprint density at radius 2 is 1.79 bits per heavy atom.